The van der Waals surface area contributed by atoms with Crippen LogP contribution in [0.2, 0.25) is 0 Å². The zero-order valence-corrected chi connectivity index (χ0v) is 9.17. The molecule has 3 nitrogen and oxygen atoms in total. The zero-order valence-electron chi connectivity index (χ0n) is 9.17. The van der Waals surface area contributed by atoms with Gasteiger partial charge in [-0.2, -0.15) is 0 Å². The van der Waals surface area contributed by atoms with E-state index in [1.54, 1.807) is 13.0 Å². The Kier molecular flexibility index (Phi) is 6.72. The third-order valence-corrected chi connectivity index (χ3v) is 1.66. The van der Waals surface area contributed by atoms with Crippen LogP contribution < -0.4 is 5.32 Å². The molecule has 80 valence electrons. The van der Waals surface area contributed by atoms with Gasteiger partial charge in [-0.15, -0.1) is 0 Å². The number of allylic oxidation sites excluding steroid dienone is 2. The summed E-state index contributed by atoms with van der Waals surface area (Å²) in [4.78, 5) is 22.2. The summed E-state index contributed by atoms with van der Waals surface area (Å²) in [6.45, 7) is 6.53. The van der Waals surface area contributed by atoms with Crippen molar-refractivity contribution >= 4 is 11.7 Å². The number of carbonyl (C=O) groups excluding carboxylic acids is 2. The summed E-state index contributed by atoms with van der Waals surface area (Å²) in [5, 5.41) is 2.76. The maximum atomic E-state index is 11.2. The topological polar surface area (TPSA) is 46.2 Å². The van der Waals surface area contributed by atoms with Gasteiger partial charge >= 0.3 is 0 Å². The molecule has 0 fully saturated rings. The van der Waals surface area contributed by atoms with E-state index in [4.69, 9.17) is 0 Å². The van der Waals surface area contributed by atoms with E-state index in [-0.39, 0.29) is 18.1 Å². The Morgan fingerprint density at radius 1 is 1.29 bits per heavy atom. The first kappa shape index (κ1) is 12.9. The minimum atomic E-state index is -0.0449. The molecule has 0 saturated heterocycles. The lowest BCUT2D eigenvalue weighted by atomic mass is 10.2. The highest BCUT2D eigenvalue weighted by molar-refractivity contribution is 5.92. The van der Waals surface area contributed by atoms with Crippen molar-refractivity contribution in [2.45, 2.75) is 33.6 Å². The Balaban J connectivity index is 3.59. The van der Waals surface area contributed by atoms with E-state index < -0.39 is 0 Å². The van der Waals surface area contributed by atoms with Gasteiger partial charge in [0.15, 0.2) is 5.78 Å². The van der Waals surface area contributed by atoms with Gasteiger partial charge < -0.3 is 5.32 Å². The van der Waals surface area contributed by atoms with E-state index in [1.807, 2.05) is 13.8 Å². The van der Waals surface area contributed by atoms with Gasteiger partial charge in [0, 0.05) is 19.4 Å². The lowest BCUT2D eigenvalue weighted by molar-refractivity contribution is -0.124. The molecular weight excluding hydrogens is 178 g/mol. The highest BCUT2D eigenvalue weighted by atomic mass is 16.2. The maximum Gasteiger partial charge on any atom is 0.220 e. The second-order valence-corrected chi connectivity index (χ2v) is 3.66. The van der Waals surface area contributed by atoms with Crippen molar-refractivity contribution in [3.05, 3.63) is 12.2 Å². The van der Waals surface area contributed by atoms with Gasteiger partial charge in [-0.05, 0) is 18.9 Å². The van der Waals surface area contributed by atoms with E-state index in [0.717, 1.165) is 0 Å². The van der Waals surface area contributed by atoms with Crippen LogP contribution in [0.4, 0.5) is 0 Å². The molecule has 0 spiro atoms. The van der Waals surface area contributed by atoms with Crippen LogP contribution >= 0.6 is 0 Å². The summed E-state index contributed by atoms with van der Waals surface area (Å²) in [6.07, 6.45) is 3.77. The fourth-order valence-electron chi connectivity index (χ4n) is 0.912. The Morgan fingerprint density at radius 2 is 1.93 bits per heavy atom. The zero-order chi connectivity index (χ0) is 11.0. The highest BCUT2D eigenvalue weighted by Crippen LogP contribution is 1.94. The molecule has 0 aliphatic carbocycles. The van der Waals surface area contributed by atoms with E-state index >= 15 is 0 Å². The average molecular weight is 197 g/mol. The summed E-state index contributed by atoms with van der Waals surface area (Å²) < 4.78 is 0. The number of amides is 1. The van der Waals surface area contributed by atoms with Crippen molar-refractivity contribution in [2.75, 3.05) is 6.54 Å². The number of hydrogen-bond donors (Lipinski definition) is 1. The maximum absolute atomic E-state index is 11.2. The molecule has 14 heavy (non-hydrogen) atoms. The monoisotopic (exact) mass is 197 g/mol. The molecule has 0 saturated carbocycles. The van der Waals surface area contributed by atoms with Crippen LogP contribution in [0.5, 0.6) is 0 Å². The fourth-order valence-corrected chi connectivity index (χ4v) is 0.912. The summed E-state index contributed by atoms with van der Waals surface area (Å²) in [7, 11) is 0. The Bertz CT molecular complexity index is 219. The average Bonchev–Trinajstić information content (AvgIpc) is 2.12. The number of carbonyl (C=O) groups is 2. The first-order chi connectivity index (χ1) is 6.56. The Hall–Kier alpha value is -1.12. The standard InChI is InChI=1S/C11H19NO2/c1-4-5-10(13)6-7-11(14)12-8-9(2)3/h4-5,9H,6-8H2,1-3H3,(H,12,14)/b5-4+. The molecule has 0 aromatic carbocycles. The van der Waals surface area contributed by atoms with E-state index in [1.165, 1.54) is 6.08 Å². The summed E-state index contributed by atoms with van der Waals surface area (Å²) in [6, 6.07) is 0. The van der Waals surface area contributed by atoms with Gasteiger partial charge in [-0.1, -0.05) is 19.9 Å². The number of hydrogen-bond acceptors (Lipinski definition) is 2. The van der Waals surface area contributed by atoms with Crippen LogP contribution in [0, 0.1) is 5.92 Å². The molecule has 0 heterocycles. The summed E-state index contributed by atoms with van der Waals surface area (Å²) in [5.41, 5.74) is 0. The number of rotatable bonds is 6. The van der Waals surface area contributed by atoms with Gasteiger partial charge in [0.05, 0.1) is 0 Å². The van der Waals surface area contributed by atoms with Crippen molar-refractivity contribution < 1.29 is 9.59 Å². The molecule has 0 rings (SSSR count). The van der Waals surface area contributed by atoms with Crippen molar-refractivity contribution in [1.82, 2.24) is 5.32 Å². The van der Waals surface area contributed by atoms with E-state index in [0.29, 0.717) is 18.9 Å². The van der Waals surface area contributed by atoms with Crippen molar-refractivity contribution in [3.8, 4) is 0 Å². The molecule has 0 aromatic heterocycles. The molecule has 0 aromatic rings. The molecule has 0 bridgehead atoms. The SMILES string of the molecule is C/C=C/C(=O)CCC(=O)NCC(C)C. The third kappa shape index (κ3) is 7.53. The highest BCUT2D eigenvalue weighted by Gasteiger charge is 2.04. The third-order valence-electron chi connectivity index (χ3n) is 1.66. The minimum absolute atomic E-state index is 0.00666. The molecule has 0 radical (unpaired) electrons. The predicted octanol–water partition coefficient (Wildman–Crippen LogP) is 1.68. The molecule has 1 amide bonds. The minimum Gasteiger partial charge on any atom is -0.356 e. The van der Waals surface area contributed by atoms with Gasteiger partial charge in [0.25, 0.3) is 0 Å². The van der Waals surface area contributed by atoms with Gasteiger partial charge in [-0.3, -0.25) is 9.59 Å². The lowest BCUT2D eigenvalue weighted by Crippen LogP contribution is -2.27. The fraction of sp³-hybridized carbons (Fsp3) is 0.636. The Labute approximate surface area is 85.6 Å². The van der Waals surface area contributed by atoms with Crippen LogP contribution in [-0.2, 0) is 9.59 Å². The van der Waals surface area contributed by atoms with Crippen molar-refractivity contribution in [2.24, 2.45) is 5.92 Å². The quantitative estimate of drug-likeness (QED) is 0.658. The van der Waals surface area contributed by atoms with Crippen molar-refractivity contribution in [1.29, 1.82) is 0 Å². The second kappa shape index (κ2) is 7.30. The van der Waals surface area contributed by atoms with Crippen LogP contribution in [-0.4, -0.2) is 18.2 Å². The van der Waals surface area contributed by atoms with E-state index in [9.17, 15) is 9.59 Å². The van der Waals surface area contributed by atoms with E-state index in [2.05, 4.69) is 5.32 Å². The summed E-state index contributed by atoms with van der Waals surface area (Å²) in [5.74, 6) is 0.411. The van der Waals surface area contributed by atoms with Gasteiger partial charge in [-0.25, -0.2) is 0 Å². The molecule has 3 heteroatoms. The van der Waals surface area contributed by atoms with Crippen molar-refractivity contribution in [3.63, 3.8) is 0 Å². The number of ketones is 1. The molecule has 0 atom stereocenters. The normalized spacial score (nSPS) is 10.9. The second-order valence-electron chi connectivity index (χ2n) is 3.66. The molecular formula is C11H19NO2. The summed E-state index contributed by atoms with van der Waals surface area (Å²) >= 11 is 0. The molecule has 0 aliphatic heterocycles. The van der Waals surface area contributed by atoms with Crippen LogP contribution in [0.3, 0.4) is 0 Å². The smallest absolute Gasteiger partial charge is 0.220 e. The largest absolute Gasteiger partial charge is 0.356 e. The number of nitrogens with one attached hydrogen (secondary N) is 1. The first-order valence-electron chi connectivity index (χ1n) is 4.98. The molecule has 0 unspecified atom stereocenters. The first-order valence-corrected chi connectivity index (χ1v) is 4.98. The van der Waals surface area contributed by atoms with Crippen LogP contribution in [0.25, 0.3) is 0 Å². The van der Waals surface area contributed by atoms with Crippen LogP contribution in [0.1, 0.15) is 33.6 Å². The lowest BCUT2D eigenvalue weighted by Gasteiger charge is -2.06. The van der Waals surface area contributed by atoms with Gasteiger partial charge in [0.2, 0.25) is 5.91 Å². The Morgan fingerprint density at radius 3 is 2.43 bits per heavy atom. The van der Waals surface area contributed by atoms with Crippen LogP contribution in [0.15, 0.2) is 12.2 Å². The molecule has 0 aliphatic rings. The predicted molar refractivity (Wildman–Crippen MR) is 56.9 cm³/mol. The van der Waals surface area contributed by atoms with Gasteiger partial charge in [0.1, 0.15) is 0 Å². The molecule has 1 N–H and O–H groups in total.